The quantitative estimate of drug-likeness (QED) is 0.786. The number of nitrogens with zero attached hydrogens (tertiary/aromatic N) is 2. The Morgan fingerprint density at radius 2 is 2.15 bits per heavy atom. The molecule has 20 heavy (non-hydrogen) atoms. The van der Waals surface area contributed by atoms with Crippen molar-refractivity contribution in [3.8, 4) is 0 Å². The molecule has 4 heteroatoms. The summed E-state index contributed by atoms with van der Waals surface area (Å²) in [6.45, 7) is 5.43. The van der Waals surface area contributed by atoms with Crippen molar-refractivity contribution in [2.75, 3.05) is 24.5 Å². The molecule has 1 heterocycles. The molecule has 0 spiro atoms. The lowest BCUT2D eigenvalue weighted by Gasteiger charge is -2.23. The summed E-state index contributed by atoms with van der Waals surface area (Å²) in [6, 6.07) is 10.7. The highest BCUT2D eigenvalue weighted by Crippen LogP contribution is 2.14. The van der Waals surface area contributed by atoms with Crippen LogP contribution in [0.5, 0.6) is 0 Å². The Labute approximate surface area is 119 Å². The maximum absolute atomic E-state index is 13.2. The van der Waals surface area contributed by atoms with Gasteiger partial charge in [-0.25, -0.2) is 4.39 Å². The van der Waals surface area contributed by atoms with Crippen molar-refractivity contribution in [3.63, 3.8) is 0 Å². The average Bonchev–Trinajstić information content (AvgIpc) is 2.48. The number of likely N-dealkylation sites (N-methyl/N-ethyl adjacent to an activating group) is 1. The van der Waals surface area contributed by atoms with Crippen LogP contribution in [-0.2, 0) is 6.54 Å². The minimum atomic E-state index is -0.190. The van der Waals surface area contributed by atoms with Crippen LogP contribution in [0.3, 0.4) is 0 Å². The van der Waals surface area contributed by atoms with E-state index in [2.05, 4.69) is 22.1 Å². The van der Waals surface area contributed by atoms with Gasteiger partial charge in [0.2, 0.25) is 0 Å². The predicted octanol–water partition coefficient (Wildman–Crippen LogP) is 2.84. The zero-order chi connectivity index (χ0) is 14.2. The van der Waals surface area contributed by atoms with E-state index in [1.165, 1.54) is 11.6 Å². The van der Waals surface area contributed by atoms with Crippen molar-refractivity contribution < 1.29 is 4.39 Å². The second kappa shape index (κ2) is 7.60. The Balaban J connectivity index is 1.80. The molecule has 106 valence electrons. The topological polar surface area (TPSA) is 28.2 Å². The minimum Gasteiger partial charge on any atom is -0.370 e. The van der Waals surface area contributed by atoms with Crippen LogP contribution in [0.2, 0.25) is 0 Å². The van der Waals surface area contributed by atoms with Crippen molar-refractivity contribution in [1.82, 2.24) is 10.3 Å². The molecule has 1 aromatic carbocycles. The SMILES string of the molecule is CCN(CCNCc1cccnc1)c1cccc(F)c1. The fraction of sp³-hybridized carbons (Fsp3) is 0.312. The molecule has 0 radical (unpaired) electrons. The lowest BCUT2D eigenvalue weighted by atomic mass is 10.2. The highest BCUT2D eigenvalue weighted by molar-refractivity contribution is 5.46. The molecule has 0 aliphatic carbocycles. The minimum absolute atomic E-state index is 0.190. The second-order valence-electron chi connectivity index (χ2n) is 4.60. The van der Waals surface area contributed by atoms with Gasteiger partial charge in [0.25, 0.3) is 0 Å². The largest absolute Gasteiger partial charge is 0.370 e. The molecule has 0 unspecified atom stereocenters. The van der Waals surface area contributed by atoms with E-state index in [1.54, 1.807) is 18.3 Å². The maximum atomic E-state index is 13.2. The third kappa shape index (κ3) is 4.31. The van der Waals surface area contributed by atoms with Gasteiger partial charge in [-0.1, -0.05) is 12.1 Å². The van der Waals surface area contributed by atoms with Crippen molar-refractivity contribution in [1.29, 1.82) is 0 Å². The molecule has 1 N–H and O–H groups in total. The maximum Gasteiger partial charge on any atom is 0.125 e. The van der Waals surface area contributed by atoms with E-state index < -0.39 is 0 Å². The molecule has 2 aromatic rings. The van der Waals surface area contributed by atoms with Gasteiger partial charge in [-0.15, -0.1) is 0 Å². The van der Waals surface area contributed by atoms with Crippen LogP contribution in [0.1, 0.15) is 12.5 Å². The molecule has 0 atom stereocenters. The molecular weight excluding hydrogens is 253 g/mol. The van der Waals surface area contributed by atoms with E-state index in [0.29, 0.717) is 0 Å². The highest BCUT2D eigenvalue weighted by atomic mass is 19.1. The zero-order valence-corrected chi connectivity index (χ0v) is 11.7. The Bertz CT molecular complexity index is 516. The lowest BCUT2D eigenvalue weighted by molar-refractivity contribution is 0.624. The van der Waals surface area contributed by atoms with E-state index in [9.17, 15) is 4.39 Å². The summed E-state index contributed by atoms with van der Waals surface area (Å²) < 4.78 is 13.2. The molecule has 0 aliphatic rings. The van der Waals surface area contributed by atoms with Crippen LogP contribution < -0.4 is 10.2 Å². The number of hydrogen-bond donors (Lipinski definition) is 1. The lowest BCUT2D eigenvalue weighted by Crippen LogP contribution is -2.31. The van der Waals surface area contributed by atoms with E-state index in [0.717, 1.165) is 31.9 Å². The van der Waals surface area contributed by atoms with Gasteiger partial charge in [0.05, 0.1) is 0 Å². The van der Waals surface area contributed by atoms with Gasteiger partial charge < -0.3 is 10.2 Å². The van der Waals surface area contributed by atoms with E-state index in [1.807, 2.05) is 24.4 Å². The Morgan fingerprint density at radius 3 is 2.85 bits per heavy atom. The van der Waals surface area contributed by atoms with Crippen LogP contribution in [0.25, 0.3) is 0 Å². The van der Waals surface area contributed by atoms with Crippen molar-refractivity contribution in [2.24, 2.45) is 0 Å². The Morgan fingerprint density at radius 1 is 1.25 bits per heavy atom. The normalized spacial score (nSPS) is 10.5. The fourth-order valence-corrected chi connectivity index (χ4v) is 2.09. The van der Waals surface area contributed by atoms with Crippen LogP contribution in [0.15, 0.2) is 48.8 Å². The number of anilines is 1. The second-order valence-corrected chi connectivity index (χ2v) is 4.60. The predicted molar refractivity (Wildman–Crippen MR) is 80.2 cm³/mol. The standard InChI is InChI=1S/C16H20FN3/c1-2-20(16-7-3-6-15(17)11-16)10-9-19-13-14-5-4-8-18-12-14/h3-8,11-12,19H,2,9-10,13H2,1H3. The van der Waals surface area contributed by atoms with Gasteiger partial charge in [-0.3, -0.25) is 4.98 Å². The number of rotatable bonds is 7. The first-order valence-corrected chi connectivity index (χ1v) is 6.89. The smallest absolute Gasteiger partial charge is 0.125 e. The molecular formula is C16H20FN3. The van der Waals surface area contributed by atoms with Crippen molar-refractivity contribution in [3.05, 3.63) is 60.2 Å². The first-order chi connectivity index (χ1) is 9.79. The fourth-order valence-electron chi connectivity index (χ4n) is 2.09. The summed E-state index contributed by atoms with van der Waals surface area (Å²) in [5.74, 6) is -0.190. The molecule has 0 fully saturated rings. The number of aromatic nitrogens is 1. The first kappa shape index (κ1) is 14.5. The zero-order valence-electron chi connectivity index (χ0n) is 11.7. The summed E-state index contributed by atoms with van der Waals surface area (Å²) in [5.41, 5.74) is 2.09. The molecule has 0 saturated carbocycles. The van der Waals surface area contributed by atoms with Crippen molar-refractivity contribution >= 4 is 5.69 Å². The Kier molecular flexibility index (Phi) is 5.50. The number of benzene rings is 1. The number of nitrogens with one attached hydrogen (secondary N) is 1. The van der Waals surface area contributed by atoms with Crippen LogP contribution in [-0.4, -0.2) is 24.6 Å². The molecule has 0 aliphatic heterocycles. The van der Waals surface area contributed by atoms with Gasteiger partial charge in [0, 0.05) is 44.3 Å². The summed E-state index contributed by atoms with van der Waals surface area (Å²) in [4.78, 5) is 6.23. The molecule has 3 nitrogen and oxygen atoms in total. The molecule has 0 saturated heterocycles. The van der Waals surface area contributed by atoms with E-state index >= 15 is 0 Å². The molecule has 0 amide bonds. The van der Waals surface area contributed by atoms with Crippen molar-refractivity contribution in [2.45, 2.75) is 13.5 Å². The third-order valence-corrected chi connectivity index (χ3v) is 3.17. The average molecular weight is 273 g/mol. The van der Waals surface area contributed by atoms with Gasteiger partial charge in [-0.05, 0) is 36.8 Å². The summed E-state index contributed by atoms with van der Waals surface area (Å²) in [5, 5.41) is 3.38. The van der Waals surface area contributed by atoms with Crippen LogP contribution >= 0.6 is 0 Å². The third-order valence-electron chi connectivity index (χ3n) is 3.17. The monoisotopic (exact) mass is 273 g/mol. The summed E-state index contributed by atoms with van der Waals surface area (Å²) >= 11 is 0. The van der Waals surface area contributed by atoms with Gasteiger partial charge in [-0.2, -0.15) is 0 Å². The number of halogens is 1. The van der Waals surface area contributed by atoms with E-state index in [-0.39, 0.29) is 5.82 Å². The number of hydrogen-bond acceptors (Lipinski definition) is 3. The van der Waals surface area contributed by atoms with E-state index in [4.69, 9.17) is 0 Å². The van der Waals surface area contributed by atoms with Gasteiger partial charge in [0.1, 0.15) is 5.82 Å². The Hall–Kier alpha value is -1.94. The van der Waals surface area contributed by atoms with Crippen LogP contribution in [0.4, 0.5) is 10.1 Å². The molecule has 2 rings (SSSR count). The first-order valence-electron chi connectivity index (χ1n) is 6.89. The highest BCUT2D eigenvalue weighted by Gasteiger charge is 2.04. The molecule has 0 bridgehead atoms. The van der Waals surface area contributed by atoms with Gasteiger partial charge >= 0.3 is 0 Å². The summed E-state index contributed by atoms with van der Waals surface area (Å²) in [7, 11) is 0. The summed E-state index contributed by atoms with van der Waals surface area (Å²) in [6.07, 6.45) is 3.63. The van der Waals surface area contributed by atoms with Gasteiger partial charge in [0.15, 0.2) is 0 Å². The number of pyridine rings is 1. The van der Waals surface area contributed by atoms with Crippen LogP contribution in [0, 0.1) is 5.82 Å². The molecule has 1 aromatic heterocycles.